The van der Waals surface area contributed by atoms with Gasteiger partial charge in [0.05, 0.1) is 0 Å². The average molecular weight is 289 g/mol. The molecule has 0 bridgehead atoms. The fourth-order valence-electron chi connectivity index (χ4n) is 1.57. The topological polar surface area (TPSA) is 92.5 Å². The van der Waals surface area contributed by atoms with Crippen LogP contribution in [0.5, 0.6) is 0 Å². The number of aliphatic carboxylic acids is 1. The molecule has 0 aromatic carbocycles. The van der Waals surface area contributed by atoms with E-state index in [4.69, 9.17) is 5.11 Å². The largest absolute Gasteiger partial charge is 0.480 e. The Morgan fingerprint density at radius 2 is 2.00 bits per heavy atom. The maximum absolute atomic E-state index is 12.5. The van der Waals surface area contributed by atoms with Gasteiger partial charge in [-0.2, -0.15) is 4.31 Å². The predicted molar refractivity (Wildman–Crippen MR) is 69.2 cm³/mol. The molecular weight excluding hydrogens is 270 g/mol. The molecule has 0 saturated heterocycles. The molecule has 0 amide bonds. The van der Waals surface area contributed by atoms with Crippen LogP contribution in [-0.2, 0) is 21.9 Å². The Hall–Kier alpha value is -1.41. The van der Waals surface area contributed by atoms with Crippen molar-refractivity contribution < 1.29 is 18.3 Å². The summed E-state index contributed by atoms with van der Waals surface area (Å²) < 4.78 is 27.4. The van der Waals surface area contributed by atoms with Crippen LogP contribution >= 0.6 is 0 Å². The van der Waals surface area contributed by atoms with Crippen molar-refractivity contribution in [3.63, 3.8) is 0 Å². The Bertz CT molecular complexity index is 564. The molecule has 1 rings (SSSR count). The molecule has 0 aliphatic rings. The van der Waals surface area contributed by atoms with Crippen LogP contribution in [0.4, 0.5) is 0 Å². The van der Waals surface area contributed by atoms with Crippen molar-refractivity contribution in [2.75, 3.05) is 6.54 Å². The summed E-state index contributed by atoms with van der Waals surface area (Å²) in [4.78, 5) is 14.8. The minimum atomic E-state index is -3.93. The number of carboxylic acid groups (broad SMARTS) is 1. The molecule has 1 aromatic rings. The molecule has 0 fully saturated rings. The van der Waals surface area contributed by atoms with Crippen LogP contribution in [0.25, 0.3) is 0 Å². The second-order valence-electron chi connectivity index (χ2n) is 5.31. The number of imidazole rings is 1. The molecule has 0 spiro atoms. The third-order valence-corrected chi connectivity index (χ3v) is 4.65. The molecule has 8 heteroatoms. The third-order valence-electron chi connectivity index (χ3n) is 2.67. The number of aryl methyl sites for hydroxylation is 2. The average Bonchev–Trinajstić information content (AvgIpc) is 2.54. The van der Waals surface area contributed by atoms with Gasteiger partial charge in [0.1, 0.15) is 12.4 Å². The van der Waals surface area contributed by atoms with Crippen molar-refractivity contribution >= 4 is 16.0 Å². The maximum atomic E-state index is 12.5. The molecule has 1 aromatic heterocycles. The summed E-state index contributed by atoms with van der Waals surface area (Å²) in [5.41, 5.74) is -0.845. The first kappa shape index (κ1) is 15.6. The number of hydrogen-bond acceptors (Lipinski definition) is 4. The van der Waals surface area contributed by atoms with Crippen LogP contribution < -0.4 is 0 Å². The van der Waals surface area contributed by atoms with E-state index in [1.807, 2.05) is 0 Å². The Morgan fingerprint density at radius 3 is 2.32 bits per heavy atom. The SMILES string of the molecule is Cc1nc(S(=O)(=O)N(CC(=O)O)C(C)(C)C)cn1C. The van der Waals surface area contributed by atoms with Crippen molar-refractivity contribution in [3.8, 4) is 0 Å². The van der Waals surface area contributed by atoms with Gasteiger partial charge in [-0.25, -0.2) is 13.4 Å². The van der Waals surface area contributed by atoms with Crippen molar-refractivity contribution in [2.24, 2.45) is 7.05 Å². The fourth-order valence-corrected chi connectivity index (χ4v) is 3.34. The summed E-state index contributed by atoms with van der Waals surface area (Å²) >= 11 is 0. The minimum Gasteiger partial charge on any atom is -0.480 e. The van der Waals surface area contributed by atoms with E-state index in [0.717, 1.165) is 4.31 Å². The standard InChI is InChI=1S/C11H19N3O4S/c1-8-12-9(6-13(8)5)19(17,18)14(7-10(15)16)11(2,3)4/h6H,7H2,1-5H3,(H,15,16). The van der Waals surface area contributed by atoms with Crippen molar-refractivity contribution in [1.82, 2.24) is 13.9 Å². The monoisotopic (exact) mass is 289 g/mol. The first-order chi connectivity index (χ1) is 8.46. The van der Waals surface area contributed by atoms with Crippen LogP contribution in [-0.4, -0.2) is 45.4 Å². The molecule has 0 aliphatic carbocycles. The van der Waals surface area contributed by atoms with Crippen molar-refractivity contribution in [3.05, 3.63) is 12.0 Å². The van der Waals surface area contributed by atoms with E-state index in [-0.39, 0.29) is 5.03 Å². The third kappa shape index (κ3) is 3.32. The van der Waals surface area contributed by atoms with Gasteiger partial charge in [-0.05, 0) is 27.7 Å². The van der Waals surface area contributed by atoms with Gasteiger partial charge in [0.2, 0.25) is 0 Å². The van der Waals surface area contributed by atoms with E-state index >= 15 is 0 Å². The van der Waals surface area contributed by atoms with Gasteiger partial charge in [-0.1, -0.05) is 0 Å². The normalized spacial score (nSPS) is 12.9. The number of sulfonamides is 1. The minimum absolute atomic E-state index is 0.135. The second kappa shape index (κ2) is 4.93. The summed E-state index contributed by atoms with van der Waals surface area (Å²) in [5.74, 6) is -0.658. The molecule has 0 saturated carbocycles. The zero-order chi connectivity index (χ0) is 15.0. The summed E-state index contributed by atoms with van der Waals surface area (Å²) in [6, 6.07) is 0. The van der Waals surface area contributed by atoms with E-state index < -0.39 is 28.1 Å². The van der Waals surface area contributed by atoms with Crippen LogP contribution in [0.3, 0.4) is 0 Å². The fraction of sp³-hybridized carbons (Fsp3) is 0.636. The quantitative estimate of drug-likeness (QED) is 0.876. The molecule has 7 nitrogen and oxygen atoms in total. The van der Waals surface area contributed by atoms with Gasteiger partial charge in [0, 0.05) is 18.8 Å². The maximum Gasteiger partial charge on any atom is 0.318 e. The number of hydrogen-bond donors (Lipinski definition) is 1. The molecule has 1 heterocycles. The molecular formula is C11H19N3O4S. The highest BCUT2D eigenvalue weighted by Crippen LogP contribution is 2.23. The van der Waals surface area contributed by atoms with Gasteiger partial charge in [-0.3, -0.25) is 4.79 Å². The Morgan fingerprint density at radius 1 is 1.47 bits per heavy atom. The summed E-state index contributed by atoms with van der Waals surface area (Å²) in [6.07, 6.45) is 1.38. The van der Waals surface area contributed by atoms with E-state index in [9.17, 15) is 13.2 Å². The lowest BCUT2D eigenvalue weighted by Gasteiger charge is -2.32. The number of nitrogens with zero attached hydrogens (tertiary/aromatic N) is 3. The molecule has 19 heavy (non-hydrogen) atoms. The van der Waals surface area contributed by atoms with Gasteiger partial charge >= 0.3 is 5.97 Å². The lowest BCUT2D eigenvalue weighted by molar-refractivity contribution is -0.138. The number of carboxylic acids is 1. The van der Waals surface area contributed by atoms with E-state index in [2.05, 4.69) is 4.98 Å². The highest BCUT2D eigenvalue weighted by atomic mass is 32.2. The smallest absolute Gasteiger partial charge is 0.318 e. The molecule has 0 unspecified atom stereocenters. The van der Waals surface area contributed by atoms with Gasteiger partial charge < -0.3 is 9.67 Å². The molecule has 0 atom stereocenters. The molecule has 108 valence electrons. The highest BCUT2D eigenvalue weighted by molar-refractivity contribution is 7.89. The number of rotatable bonds is 4. The van der Waals surface area contributed by atoms with Crippen molar-refractivity contribution in [2.45, 2.75) is 38.3 Å². The van der Waals surface area contributed by atoms with Gasteiger partial charge in [0.25, 0.3) is 10.0 Å². The zero-order valence-corrected chi connectivity index (χ0v) is 12.5. The summed E-state index contributed by atoms with van der Waals surface area (Å²) in [5, 5.41) is 8.75. The van der Waals surface area contributed by atoms with Gasteiger partial charge in [0.15, 0.2) is 5.03 Å². The molecule has 0 radical (unpaired) electrons. The van der Waals surface area contributed by atoms with Crippen LogP contribution in [0, 0.1) is 6.92 Å². The first-order valence-corrected chi connectivity index (χ1v) is 7.15. The van der Waals surface area contributed by atoms with E-state index in [1.54, 1.807) is 39.3 Å². The van der Waals surface area contributed by atoms with Crippen LogP contribution in [0.1, 0.15) is 26.6 Å². The molecule has 1 N–H and O–H groups in total. The highest BCUT2D eigenvalue weighted by Gasteiger charge is 2.37. The lowest BCUT2D eigenvalue weighted by Crippen LogP contribution is -2.48. The summed E-state index contributed by atoms with van der Waals surface area (Å²) in [6.45, 7) is 6.01. The number of carbonyl (C=O) groups is 1. The second-order valence-corrected chi connectivity index (χ2v) is 7.12. The van der Waals surface area contributed by atoms with Crippen molar-refractivity contribution in [1.29, 1.82) is 0 Å². The number of aromatic nitrogens is 2. The Kier molecular flexibility index (Phi) is 4.06. The van der Waals surface area contributed by atoms with E-state index in [0.29, 0.717) is 5.82 Å². The first-order valence-electron chi connectivity index (χ1n) is 5.71. The van der Waals surface area contributed by atoms with E-state index in [1.165, 1.54) is 6.20 Å². The molecule has 0 aliphatic heterocycles. The van der Waals surface area contributed by atoms with Gasteiger partial charge in [-0.15, -0.1) is 0 Å². The van der Waals surface area contributed by atoms with Crippen LogP contribution in [0.15, 0.2) is 11.2 Å². The summed E-state index contributed by atoms with van der Waals surface area (Å²) in [7, 11) is -2.25. The lowest BCUT2D eigenvalue weighted by atomic mass is 10.1. The Balaban J connectivity index is 3.31. The predicted octanol–water partition coefficient (Wildman–Crippen LogP) is 0.602. The zero-order valence-electron chi connectivity index (χ0n) is 11.7. The van der Waals surface area contributed by atoms with Crippen LogP contribution in [0.2, 0.25) is 0 Å². The Labute approximate surface area is 112 Å².